The van der Waals surface area contributed by atoms with Crippen LogP contribution in [-0.2, 0) is 15.6 Å². The van der Waals surface area contributed by atoms with Gasteiger partial charge in [0.25, 0.3) is 0 Å². The minimum absolute atomic E-state index is 0.0934. The van der Waals surface area contributed by atoms with E-state index in [2.05, 4.69) is 20.3 Å². The zero-order valence-electron chi connectivity index (χ0n) is 14.3. The first-order valence-corrected chi connectivity index (χ1v) is 10.2. The van der Waals surface area contributed by atoms with Crippen LogP contribution in [0.5, 0.6) is 0 Å². The maximum absolute atomic E-state index is 11.4. The first-order chi connectivity index (χ1) is 12.3. The molecule has 0 aliphatic carbocycles. The Labute approximate surface area is 157 Å². The Kier molecular flexibility index (Phi) is 5.20. The van der Waals surface area contributed by atoms with Crippen molar-refractivity contribution in [2.24, 2.45) is 0 Å². The van der Waals surface area contributed by atoms with Crippen LogP contribution in [0.4, 0.5) is 11.5 Å². The van der Waals surface area contributed by atoms with E-state index in [0.717, 1.165) is 11.3 Å². The molecule has 3 rings (SSSR count). The molecule has 6 nitrogen and oxygen atoms in total. The van der Waals surface area contributed by atoms with Crippen molar-refractivity contribution in [2.75, 3.05) is 11.6 Å². The number of anilines is 2. The Morgan fingerprint density at radius 2 is 1.96 bits per heavy atom. The van der Waals surface area contributed by atoms with Gasteiger partial charge in [-0.05, 0) is 36.8 Å². The predicted molar refractivity (Wildman–Crippen MR) is 103 cm³/mol. The number of benzene rings is 1. The van der Waals surface area contributed by atoms with Crippen LogP contribution in [0.3, 0.4) is 0 Å². The molecule has 0 spiro atoms. The number of pyridine rings is 1. The van der Waals surface area contributed by atoms with E-state index in [9.17, 15) is 8.42 Å². The number of halogens is 1. The summed E-state index contributed by atoms with van der Waals surface area (Å²) in [6.07, 6.45) is 4.58. The number of aromatic nitrogens is 3. The van der Waals surface area contributed by atoms with E-state index in [1.54, 1.807) is 30.6 Å². The van der Waals surface area contributed by atoms with Crippen molar-refractivity contribution < 1.29 is 8.42 Å². The Bertz CT molecular complexity index is 1040. The van der Waals surface area contributed by atoms with Crippen LogP contribution in [0.1, 0.15) is 11.3 Å². The molecule has 1 N–H and O–H groups in total. The minimum Gasteiger partial charge on any atom is -0.340 e. The minimum atomic E-state index is -3.14. The highest BCUT2D eigenvalue weighted by molar-refractivity contribution is 7.89. The molecule has 2 aromatic heterocycles. The lowest BCUT2D eigenvalue weighted by Crippen LogP contribution is -2.02. The van der Waals surface area contributed by atoms with Gasteiger partial charge < -0.3 is 5.32 Å². The van der Waals surface area contributed by atoms with Crippen LogP contribution in [0.15, 0.2) is 48.8 Å². The number of nitrogens with one attached hydrogen (secondary N) is 1. The molecular formula is C18H17ClN4O2S. The summed E-state index contributed by atoms with van der Waals surface area (Å²) < 4.78 is 22.9. The monoisotopic (exact) mass is 388 g/mol. The van der Waals surface area contributed by atoms with Crippen molar-refractivity contribution in [3.8, 4) is 11.4 Å². The third-order valence-electron chi connectivity index (χ3n) is 3.52. The van der Waals surface area contributed by atoms with Crippen molar-refractivity contribution in [2.45, 2.75) is 12.7 Å². The highest BCUT2D eigenvalue weighted by Gasteiger charge is 2.10. The molecule has 0 aliphatic rings. The fourth-order valence-corrected chi connectivity index (χ4v) is 3.57. The number of aryl methyl sites for hydroxylation is 1. The van der Waals surface area contributed by atoms with Crippen LogP contribution < -0.4 is 5.32 Å². The Balaban J connectivity index is 1.87. The van der Waals surface area contributed by atoms with Gasteiger partial charge in [0, 0.05) is 46.7 Å². The standard InChI is InChI=1S/C18H17ClN4O2S/c1-12-8-17(23-18(21-12)13-4-3-7-20-10-13)22-15-6-5-14(16(19)9-15)11-26(2,24)25/h3-10H,11H2,1-2H3,(H,21,22,23). The Morgan fingerprint density at radius 1 is 1.15 bits per heavy atom. The molecule has 0 atom stereocenters. The molecule has 3 aromatic rings. The first kappa shape index (κ1) is 18.3. The van der Waals surface area contributed by atoms with Gasteiger partial charge in [0.2, 0.25) is 0 Å². The molecule has 0 aliphatic heterocycles. The van der Waals surface area contributed by atoms with Gasteiger partial charge in [-0.1, -0.05) is 17.7 Å². The molecule has 0 fully saturated rings. The molecule has 0 saturated carbocycles. The molecule has 0 unspecified atom stereocenters. The molecule has 8 heteroatoms. The maximum Gasteiger partial charge on any atom is 0.163 e. The second kappa shape index (κ2) is 7.39. The van der Waals surface area contributed by atoms with Crippen LogP contribution >= 0.6 is 11.6 Å². The van der Waals surface area contributed by atoms with Gasteiger partial charge in [0.05, 0.1) is 5.75 Å². The quantitative estimate of drug-likeness (QED) is 0.715. The van der Waals surface area contributed by atoms with E-state index in [1.165, 1.54) is 6.26 Å². The van der Waals surface area contributed by atoms with Gasteiger partial charge in [-0.3, -0.25) is 4.98 Å². The van der Waals surface area contributed by atoms with Crippen molar-refractivity contribution in [3.63, 3.8) is 0 Å². The number of nitrogens with zero attached hydrogens (tertiary/aromatic N) is 3. The van der Waals surface area contributed by atoms with Gasteiger partial charge in [-0.2, -0.15) is 0 Å². The predicted octanol–water partition coefficient (Wildman–Crippen LogP) is 3.79. The van der Waals surface area contributed by atoms with Crippen molar-refractivity contribution >= 4 is 32.9 Å². The summed E-state index contributed by atoms with van der Waals surface area (Å²) in [5, 5.41) is 3.57. The zero-order chi connectivity index (χ0) is 18.7. The summed E-state index contributed by atoms with van der Waals surface area (Å²) >= 11 is 6.21. The van der Waals surface area contributed by atoms with Crippen LogP contribution in [-0.4, -0.2) is 29.6 Å². The van der Waals surface area contributed by atoms with Crippen molar-refractivity contribution in [3.05, 3.63) is 65.1 Å². The second-order valence-electron chi connectivity index (χ2n) is 5.96. The normalized spacial score (nSPS) is 11.3. The molecule has 0 saturated heterocycles. The summed E-state index contributed by atoms with van der Waals surface area (Å²) in [6.45, 7) is 1.88. The van der Waals surface area contributed by atoms with E-state index >= 15 is 0 Å². The average Bonchev–Trinajstić information content (AvgIpc) is 2.57. The van der Waals surface area contributed by atoms with Gasteiger partial charge in [-0.25, -0.2) is 18.4 Å². The third kappa shape index (κ3) is 4.77. The summed E-state index contributed by atoms with van der Waals surface area (Å²) in [5.74, 6) is 1.09. The lowest BCUT2D eigenvalue weighted by molar-refractivity contribution is 0.601. The van der Waals surface area contributed by atoms with Gasteiger partial charge in [0.1, 0.15) is 5.82 Å². The third-order valence-corrected chi connectivity index (χ3v) is 4.70. The SMILES string of the molecule is Cc1cc(Nc2ccc(CS(C)(=O)=O)c(Cl)c2)nc(-c2cccnc2)n1. The van der Waals surface area contributed by atoms with E-state index in [0.29, 0.717) is 27.9 Å². The van der Waals surface area contributed by atoms with Gasteiger partial charge in [0.15, 0.2) is 15.7 Å². The van der Waals surface area contributed by atoms with E-state index in [1.807, 2.05) is 25.1 Å². The average molecular weight is 389 g/mol. The topological polar surface area (TPSA) is 84.8 Å². The molecule has 1 aromatic carbocycles. The molecule has 0 amide bonds. The maximum atomic E-state index is 11.4. The second-order valence-corrected chi connectivity index (χ2v) is 8.51. The number of hydrogen-bond acceptors (Lipinski definition) is 6. The lowest BCUT2D eigenvalue weighted by Gasteiger charge is -2.10. The zero-order valence-corrected chi connectivity index (χ0v) is 15.8. The van der Waals surface area contributed by atoms with Gasteiger partial charge in [-0.15, -0.1) is 0 Å². The fourth-order valence-electron chi connectivity index (χ4n) is 2.43. The van der Waals surface area contributed by atoms with Gasteiger partial charge >= 0.3 is 0 Å². The molecule has 2 heterocycles. The smallest absolute Gasteiger partial charge is 0.163 e. The highest BCUT2D eigenvalue weighted by atomic mass is 35.5. The summed E-state index contributed by atoms with van der Waals surface area (Å²) in [7, 11) is -3.14. The van der Waals surface area contributed by atoms with E-state index in [-0.39, 0.29) is 5.75 Å². The fraction of sp³-hybridized carbons (Fsp3) is 0.167. The highest BCUT2D eigenvalue weighted by Crippen LogP contribution is 2.25. The van der Waals surface area contributed by atoms with Crippen LogP contribution in [0, 0.1) is 6.92 Å². The molecule has 26 heavy (non-hydrogen) atoms. The molecule has 134 valence electrons. The number of rotatable bonds is 5. The number of hydrogen-bond donors (Lipinski definition) is 1. The van der Waals surface area contributed by atoms with Crippen LogP contribution in [0.2, 0.25) is 5.02 Å². The molecule has 0 radical (unpaired) electrons. The van der Waals surface area contributed by atoms with Crippen molar-refractivity contribution in [1.82, 2.24) is 15.0 Å². The number of sulfone groups is 1. The summed E-state index contributed by atoms with van der Waals surface area (Å²) in [6, 6.07) is 10.7. The first-order valence-electron chi connectivity index (χ1n) is 7.79. The Morgan fingerprint density at radius 3 is 2.62 bits per heavy atom. The lowest BCUT2D eigenvalue weighted by atomic mass is 10.2. The molecule has 0 bridgehead atoms. The van der Waals surface area contributed by atoms with Crippen LogP contribution in [0.25, 0.3) is 11.4 Å². The summed E-state index contributed by atoms with van der Waals surface area (Å²) in [5.41, 5.74) is 2.90. The summed E-state index contributed by atoms with van der Waals surface area (Å²) in [4.78, 5) is 13.0. The molecular weight excluding hydrogens is 372 g/mol. The van der Waals surface area contributed by atoms with E-state index < -0.39 is 9.84 Å². The largest absolute Gasteiger partial charge is 0.340 e. The van der Waals surface area contributed by atoms with E-state index in [4.69, 9.17) is 11.6 Å². The Hall–Kier alpha value is -2.51. The van der Waals surface area contributed by atoms with Crippen molar-refractivity contribution in [1.29, 1.82) is 0 Å².